The van der Waals surface area contributed by atoms with Crippen molar-refractivity contribution in [3.63, 3.8) is 0 Å². The quantitative estimate of drug-likeness (QED) is 0.325. The Morgan fingerprint density at radius 2 is 1.65 bits per heavy atom. The van der Waals surface area contributed by atoms with Gasteiger partial charge in [-0.05, 0) is 13.3 Å². The predicted octanol–water partition coefficient (Wildman–Crippen LogP) is 1.34. The van der Waals surface area contributed by atoms with Gasteiger partial charge in [0.25, 0.3) is 0 Å². The minimum absolute atomic E-state index is 0.00652. The van der Waals surface area contributed by atoms with E-state index >= 15 is 0 Å². The lowest BCUT2D eigenvalue weighted by molar-refractivity contribution is -0.143. The fraction of sp³-hybridized carbons (Fsp3) is 0.900. The molecule has 1 saturated heterocycles. The molecule has 1 heterocycles. The molecule has 6 atom stereocenters. The summed E-state index contributed by atoms with van der Waals surface area (Å²) in [6.45, 7) is 2.41. The third kappa shape index (κ3) is 8.69. The van der Waals surface area contributed by atoms with Crippen molar-refractivity contribution < 1.29 is 60.3 Å². The summed E-state index contributed by atoms with van der Waals surface area (Å²) in [6, 6.07) is 0. The van der Waals surface area contributed by atoms with E-state index in [4.69, 9.17) is 14.4 Å². The summed E-state index contributed by atoms with van der Waals surface area (Å²) in [6.07, 6.45) is -0.506. The van der Waals surface area contributed by atoms with Gasteiger partial charge in [0.2, 0.25) is 0 Å². The number of carbonyl (C=O) groups is 1. The SMILES string of the molecule is COP(=O)(O)OP(=O)(O)OP(=O)(O)OC[C@H]1O[C@@H](C)C[C@@H]1COC(C)=O. The van der Waals surface area contributed by atoms with Gasteiger partial charge in [-0.1, -0.05) is 0 Å². The van der Waals surface area contributed by atoms with Gasteiger partial charge in [-0.25, -0.2) is 13.7 Å². The predicted molar refractivity (Wildman–Crippen MR) is 83.7 cm³/mol. The van der Waals surface area contributed by atoms with E-state index in [2.05, 4.69) is 17.7 Å². The van der Waals surface area contributed by atoms with Gasteiger partial charge < -0.3 is 24.2 Å². The molecule has 0 saturated carbocycles. The number of rotatable bonds is 10. The van der Waals surface area contributed by atoms with E-state index in [0.717, 1.165) is 0 Å². The molecule has 3 unspecified atom stereocenters. The van der Waals surface area contributed by atoms with Crippen LogP contribution >= 0.6 is 23.5 Å². The molecule has 0 aliphatic carbocycles. The van der Waals surface area contributed by atoms with E-state index in [-0.39, 0.29) is 18.6 Å². The van der Waals surface area contributed by atoms with Crippen molar-refractivity contribution in [1.82, 2.24) is 0 Å². The number of phosphoric ester groups is 2. The summed E-state index contributed by atoms with van der Waals surface area (Å²) in [4.78, 5) is 38.6. The maximum atomic E-state index is 11.8. The minimum Gasteiger partial charge on any atom is -0.465 e. The third-order valence-electron chi connectivity index (χ3n) is 3.11. The molecular weight excluding hydrogens is 421 g/mol. The Kier molecular flexibility index (Phi) is 8.59. The lowest BCUT2D eigenvalue weighted by atomic mass is 10.0. The highest BCUT2D eigenvalue weighted by atomic mass is 31.3. The molecule has 1 fully saturated rings. The first-order chi connectivity index (χ1) is 11.8. The molecule has 3 N–H and O–H groups in total. The summed E-state index contributed by atoms with van der Waals surface area (Å²) in [7, 11) is -14.9. The van der Waals surface area contributed by atoms with Crippen molar-refractivity contribution in [2.45, 2.75) is 32.5 Å². The highest BCUT2D eigenvalue weighted by molar-refractivity contribution is 7.66. The molecule has 1 rings (SSSR count). The van der Waals surface area contributed by atoms with Crippen LogP contribution in [-0.4, -0.2) is 53.2 Å². The van der Waals surface area contributed by atoms with Crippen molar-refractivity contribution in [3.05, 3.63) is 0 Å². The molecule has 1 aliphatic rings. The second-order valence-corrected chi connectivity index (χ2v) is 10.1. The van der Waals surface area contributed by atoms with Crippen LogP contribution in [0.25, 0.3) is 0 Å². The molecule has 1 aliphatic heterocycles. The number of hydrogen-bond donors (Lipinski definition) is 3. The molecule has 0 amide bonds. The highest BCUT2D eigenvalue weighted by Gasteiger charge is 2.43. The molecule has 0 aromatic heterocycles. The Hall–Kier alpha value is -0.160. The maximum Gasteiger partial charge on any atom is 0.490 e. The third-order valence-corrected chi connectivity index (χ3v) is 7.35. The van der Waals surface area contributed by atoms with Crippen LogP contribution in [0, 0.1) is 5.92 Å². The van der Waals surface area contributed by atoms with Crippen molar-refractivity contribution in [2.24, 2.45) is 5.92 Å². The van der Waals surface area contributed by atoms with Crippen LogP contribution < -0.4 is 0 Å². The largest absolute Gasteiger partial charge is 0.490 e. The molecule has 154 valence electrons. The number of hydrogen-bond acceptors (Lipinski definition) is 10. The van der Waals surface area contributed by atoms with Crippen molar-refractivity contribution in [3.8, 4) is 0 Å². The van der Waals surface area contributed by atoms with E-state index in [1.807, 2.05) is 0 Å². The average Bonchev–Trinajstić information content (AvgIpc) is 2.81. The first-order valence-corrected chi connectivity index (χ1v) is 11.6. The van der Waals surface area contributed by atoms with Gasteiger partial charge in [-0.2, -0.15) is 8.62 Å². The Labute approximate surface area is 149 Å². The van der Waals surface area contributed by atoms with Crippen LogP contribution in [0.5, 0.6) is 0 Å². The molecule has 13 nitrogen and oxygen atoms in total. The fourth-order valence-electron chi connectivity index (χ4n) is 2.12. The Morgan fingerprint density at radius 3 is 2.19 bits per heavy atom. The van der Waals surface area contributed by atoms with Gasteiger partial charge in [0, 0.05) is 20.0 Å². The molecule has 0 aromatic carbocycles. The lowest BCUT2D eigenvalue weighted by Crippen LogP contribution is -2.26. The Morgan fingerprint density at radius 1 is 1.08 bits per heavy atom. The average molecular weight is 442 g/mol. The fourth-order valence-corrected chi connectivity index (χ4v) is 5.38. The monoisotopic (exact) mass is 442 g/mol. The molecule has 26 heavy (non-hydrogen) atoms. The zero-order valence-corrected chi connectivity index (χ0v) is 16.8. The van der Waals surface area contributed by atoms with Crippen LogP contribution in [0.2, 0.25) is 0 Å². The number of esters is 1. The second kappa shape index (κ2) is 9.36. The van der Waals surface area contributed by atoms with E-state index in [1.54, 1.807) is 6.92 Å². The first kappa shape index (κ1) is 23.9. The molecular formula is C10H21O13P3. The van der Waals surface area contributed by atoms with Crippen LogP contribution in [0.1, 0.15) is 20.3 Å². The normalized spacial score (nSPS) is 30.2. The molecule has 0 bridgehead atoms. The Bertz CT molecular complexity index is 636. The van der Waals surface area contributed by atoms with Gasteiger partial charge >= 0.3 is 29.4 Å². The van der Waals surface area contributed by atoms with E-state index in [9.17, 15) is 28.3 Å². The lowest BCUT2D eigenvalue weighted by Gasteiger charge is -2.21. The van der Waals surface area contributed by atoms with Crippen molar-refractivity contribution >= 4 is 29.4 Å². The number of carbonyl (C=O) groups excluding carboxylic acids is 1. The van der Waals surface area contributed by atoms with Gasteiger partial charge in [0.05, 0.1) is 25.4 Å². The summed E-state index contributed by atoms with van der Waals surface area (Å²) in [5.74, 6) is -0.845. The maximum absolute atomic E-state index is 11.8. The summed E-state index contributed by atoms with van der Waals surface area (Å²) in [5, 5.41) is 0. The van der Waals surface area contributed by atoms with Crippen LogP contribution in [0.15, 0.2) is 0 Å². The highest BCUT2D eigenvalue weighted by Crippen LogP contribution is 2.67. The summed E-state index contributed by atoms with van der Waals surface area (Å²) < 4.78 is 60.8. The molecule has 0 aromatic rings. The van der Waals surface area contributed by atoms with Gasteiger partial charge in [0.15, 0.2) is 0 Å². The minimum atomic E-state index is -5.45. The Balaban J connectivity index is 2.63. The van der Waals surface area contributed by atoms with Gasteiger partial charge in [-0.3, -0.25) is 13.8 Å². The topological polar surface area (TPSA) is 184 Å². The smallest absolute Gasteiger partial charge is 0.465 e. The molecule has 0 spiro atoms. The molecule has 0 radical (unpaired) electrons. The van der Waals surface area contributed by atoms with E-state index in [0.29, 0.717) is 13.5 Å². The molecule has 16 heteroatoms. The number of phosphoric acid groups is 3. The zero-order chi connectivity index (χ0) is 20.2. The second-order valence-electron chi connectivity index (χ2n) is 5.33. The van der Waals surface area contributed by atoms with Crippen molar-refractivity contribution in [2.75, 3.05) is 20.3 Å². The van der Waals surface area contributed by atoms with E-state index in [1.165, 1.54) is 6.92 Å². The number of ether oxygens (including phenoxy) is 2. The standard InChI is InChI=1S/C10H21O13P3/c1-7-4-9(5-19-8(2)11)10(21-7)6-20-25(14,15)23-26(16,17)22-24(12,13)18-3/h7,9-10H,4-6H2,1-3H3,(H,12,13)(H,14,15)(H,16,17)/t7-,9+,10+/m0/s1. The van der Waals surface area contributed by atoms with Crippen molar-refractivity contribution in [1.29, 1.82) is 0 Å². The zero-order valence-electron chi connectivity index (χ0n) is 14.1. The van der Waals surface area contributed by atoms with Crippen LogP contribution in [-0.2, 0) is 45.6 Å². The van der Waals surface area contributed by atoms with Crippen LogP contribution in [0.4, 0.5) is 0 Å². The summed E-state index contributed by atoms with van der Waals surface area (Å²) in [5.41, 5.74) is 0. The van der Waals surface area contributed by atoms with Gasteiger partial charge in [0.1, 0.15) is 0 Å². The summed E-state index contributed by atoms with van der Waals surface area (Å²) >= 11 is 0. The van der Waals surface area contributed by atoms with Gasteiger partial charge in [-0.15, -0.1) is 0 Å². The van der Waals surface area contributed by atoms with E-state index < -0.39 is 42.1 Å². The van der Waals surface area contributed by atoms with Crippen LogP contribution in [0.3, 0.4) is 0 Å². The first-order valence-electron chi connectivity index (χ1n) is 7.15.